The van der Waals surface area contributed by atoms with E-state index in [-0.39, 0.29) is 0 Å². The Hall–Kier alpha value is -1.02. The smallest absolute Gasteiger partial charge is 0.0419 e. The topological polar surface area (TPSA) is 24.1 Å². The molecule has 2 aliphatic rings. The molecule has 1 aromatic carbocycles. The van der Waals surface area contributed by atoms with Gasteiger partial charge in [-0.15, -0.1) is 0 Å². The Bertz CT molecular complexity index is 433. The lowest BCUT2D eigenvalue weighted by atomic mass is 9.76. The van der Waals surface area contributed by atoms with E-state index >= 15 is 0 Å². The van der Waals surface area contributed by atoms with Gasteiger partial charge in [0, 0.05) is 25.3 Å². The highest BCUT2D eigenvalue weighted by molar-refractivity contribution is 5.61. The van der Waals surface area contributed by atoms with Crippen molar-refractivity contribution in [2.45, 2.75) is 52.0 Å². The van der Waals surface area contributed by atoms with Gasteiger partial charge >= 0.3 is 0 Å². The molecule has 19 heavy (non-hydrogen) atoms. The second-order valence-corrected chi connectivity index (χ2v) is 6.60. The van der Waals surface area contributed by atoms with Crippen LogP contribution in [0.25, 0.3) is 0 Å². The molecular formula is C17H26N2. The molecule has 3 rings (SSSR count). The van der Waals surface area contributed by atoms with Crippen molar-refractivity contribution in [2.75, 3.05) is 18.4 Å². The Morgan fingerprint density at radius 3 is 2.89 bits per heavy atom. The lowest BCUT2D eigenvalue weighted by Gasteiger charge is -2.33. The maximum Gasteiger partial charge on any atom is 0.0419 e. The SMILES string of the molecule is CC1(CNCc2cccc3c2NCC3)CCCCC1. The lowest BCUT2D eigenvalue weighted by Crippen LogP contribution is -2.33. The minimum absolute atomic E-state index is 0.531. The van der Waals surface area contributed by atoms with Crippen LogP contribution in [0, 0.1) is 5.41 Å². The lowest BCUT2D eigenvalue weighted by molar-refractivity contribution is 0.207. The molecule has 1 aliphatic heterocycles. The van der Waals surface area contributed by atoms with E-state index < -0.39 is 0 Å². The maximum absolute atomic E-state index is 3.70. The van der Waals surface area contributed by atoms with E-state index in [0.717, 1.165) is 19.6 Å². The van der Waals surface area contributed by atoms with Crippen molar-refractivity contribution in [3.63, 3.8) is 0 Å². The average molecular weight is 258 g/mol. The van der Waals surface area contributed by atoms with Gasteiger partial charge in [-0.2, -0.15) is 0 Å². The largest absolute Gasteiger partial charge is 0.384 e. The highest BCUT2D eigenvalue weighted by atomic mass is 14.9. The molecule has 1 fully saturated rings. The summed E-state index contributed by atoms with van der Waals surface area (Å²) in [6, 6.07) is 6.71. The zero-order chi connectivity index (χ0) is 13.1. The van der Waals surface area contributed by atoms with Crippen LogP contribution in [0.4, 0.5) is 5.69 Å². The molecule has 1 aliphatic carbocycles. The van der Waals surface area contributed by atoms with Crippen molar-refractivity contribution < 1.29 is 0 Å². The van der Waals surface area contributed by atoms with Crippen LogP contribution in [0.3, 0.4) is 0 Å². The van der Waals surface area contributed by atoms with Crippen LogP contribution in [0.2, 0.25) is 0 Å². The van der Waals surface area contributed by atoms with E-state index in [1.807, 2.05) is 0 Å². The highest BCUT2D eigenvalue weighted by Gasteiger charge is 2.26. The molecule has 0 unspecified atom stereocenters. The highest BCUT2D eigenvalue weighted by Crippen LogP contribution is 2.35. The minimum Gasteiger partial charge on any atom is -0.384 e. The van der Waals surface area contributed by atoms with Crippen molar-refractivity contribution in [1.29, 1.82) is 0 Å². The van der Waals surface area contributed by atoms with E-state index in [1.165, 1.54) is 55.3 Å². The van der Waals surface area contributed by atoms with Crippen LogP contribution in [-0.4, -0.2) is 13.1 Å². The maximum atomic E-state index is 3.70. The fourth-order valence-corrected chi connectivity index (χ4v) is 3.64. The molecular weight excluding hydrogens is 232 g/mol. The molecule has 0 spiro atoms. The number of fused-ring (bicyclic) bond motifs is 1. The summed E-state index contributed by atoms with van der Waals surface area (Å²) >= 11 is 0. The van der Waals surface area contributed by atoms with E-state index in [9.17, 15) is 0 Å². The first-order valence-corrected chi connectivity index (χ1v) is 7.82. The number of hydrogen-bond acceptors (Lipinski definition) is 2. The number of rotatable bonds is 4. The minimum atomic E-state index is 0.531. The van der Waals surface area contributed by atoms with Crippen LogP contribution in [0.15, 0.2) is 18.2 Å². The Morgan fingerprint density at radius 2 is 2.05 bits per heavy atom. The third-order valence-electron chi connectivity index (χ3n) is 4.86. The summed E-state index contributed by atoms with van der Waals surface area (Å²) in [5.74, 6) is 0. The monoisotopic (exact) mass is 258 g/mol. The number of para-hydroxylation sites is 1. The van der Waals surface area contributed by atoms with Gasteiger partial charge in [0.25, 0.3) is 0 Å². The van der Waals surface area contributed by atoms with Gasteiger partial charge in [0.1, 0.15) is 0 Å². The van der Waals surface area contributed by atoms with Gasteiger partial charge in [0.15, 0.2) is 0 Å². The molecule has 1 aromatic rings. The normalized spacial score (nSPS) is 20.9. The molecule has 104 valence electrons. The van der Waals surface area contributed by atoms with Crippen molar-refractivity contribution in [3.05, 3.63) is 29.3 Å². The Kier molecular flexibility index (Phi) is 3.79. The Morgan fingerprint density at radius 1 is 1.21 bits per heavy atom. The summed E-state index contributed by atoms with van der Waals surface area (Å²) < 4.78 is 0. The zero-order valence-electron chi connectivity index (χ0n) is 12.1. The second kappa shape index (κ2) is 5.54. The predicted molar refractivity (Wildman–Crippen MR) is 81.5 cm³/mol. The first kappa shape index (κ1) is 13.0. The van der Waals surface area contributed by atoms with Crippen LogP contribution < -0.4 is 10.6 Å². The number of benzene rings is 1. The van der Waals surface area contributed by atoms with Gasteiger partial charge in [0.05, 0.1) is 0 Å². The molecule has 0 amide bonds. The molecule has 2 N–H and O–H groups in total. The summed E-state index contributed by atoms with van der Waals surface area (Å²) in [5, 5.41) is 7.23. The van der Waals surface area contributed by atoms with Crippen LogP contribution >= 0.6 is 0 Å². The quantitative estimate of drug-likeness (QED) is 0.860. The van der Waals surface area contributed by atoms with Crippen molar-refractivity contribution >= 4 is 5.69 Å². The van der Waals surface area contributed by atoms with Gasteiger partial charge in [-0.05, 0) is 35.8 Å². The summed E-state index contributed by atoms with van der Waals surface area (Å²) in [6.07, 6.45) is 8.24. The van der Waals surface area contributed by atoms with Gasteiger partial charge in [-0.1, -0.05) is 44.4 Å². The standard InChI is InChI=1S/C17H26N2/c1-17(9-3-2-4-10-17)13-18-12-15-7-5-6-14-8-11-19-16(14)15/h5-7,18-19H,2-4,8-13H2,1H3. The summed E-state index contributed by atoms with van der Waals surface area (Å²) in [5.41, 5.74) is 4.85. The molecule has 1 heterocycles. The number of nitrogens with one attached hydrogen (secondary N) is 2. The molecule has 0 radical (unpaired) electrons. The molecule has 0 bridgehead atoms. The third kappa shape index (κ3) is 2.94. The molecule has 0 aromatic heterocycles. The van der Waals surface area contributed by atoms with Crippen LogP contribution in [0.1, 0.15) is 50.2 Å². The van der Waals surface area contributed by atoms with Crippen molar-refractivity contribution in [3.8, 4) is 0 Å². The number of hydrogen-bond donors (Lipinski definition) is 2. The summed E-state index contributed by atoms with van der Waals surface area (Å²) in [6.45, 7) is 5.72. The van der Waals surface area contributed by atoms with Gasteiger partial charge < -0.3 is 10.6 Å². The summed E-state index contributed by atoms with van der Waals surface area (Å²) in [7, 11) is 0. The zero-order valence-corrected chi connectivity index (χ0v) is 12.1. The van der Waals surface area contributed by atoms with E-state index in [2.05, 4.69) is 35.8 Å². The van der Waals surface area contributed by atoms with Crippen LogP contribution in [0.5, 0.6) is 0 Å². The number of anilines is 1. The van der Waals surface area contributed by atoms with E-state index in [0.29, 0.717) is 5.41 Å². The third-order valence-corrected chi connectivity index (χ3v) is 4.86. The molecule has 2 nitrogen and oxygen atoms in total. The van der Waals surface area contributed by atoms with Gasteiger partial charge in [0.2, 0.25) is 0 Å². The van der Waals surface area contributed by atoms with E-state index in [1.54, 1.807) is 0 Å². The first-order chi connectivity index (χ1) is 9.27. The van der Waals surface area contributed by atoms with Gasteiger partial charge in [-0.25, -0.2) is 0 Å². The van der Waals surface area contributed by atoms with E-state index in [4.69, 9.17) is 0 Å². The van der Waals surface area contributed by atoms with Crippen molar-refractivity contribution in [1.82, 2.24) is 5.32 Å². The molecule has 0 saturated heterocycles. The van der Waals surface area contributed by atoms with Gasteiger partial charge in [-0.3, -0.25) is 0 Å². The molecule has 2 heteroatoms. The molecule has 1 saturated carbocycles. The Labute approximate surface area is 117 Å². The fraction of sp³-hybridized carbons (Fsp3) is 0.647. The van der Waals surface area contributed by atoms with Crippen molar-refractivity contribution in [2.24, 2.45) is 5.41 Å². The van der Waals surface area contributed by atoms with Crippen LogP contribution in [-0.2, 0) is 13.0 Å². The first-order valence-electron chi connectivity index (χ1n) is 7.82. The molecule has 0 atom stereocenters. The fourth-order valence-electron chi connectivity index (χ4n) is 3.64. The Balaban J connectivity index is 1.56. The predicted octanol–water partition coefficient (Wildman–Crippen LogP) is 3.71. The average Bonchev–Trinajstić information content (AvgIpc) is 2.88. The second-order valence-electron chi connectivity index (χ2n) is 6.60. The summed E-state index contributed by atoms with van der Waals surface area (Å²) in [4.78, 5) is 0.